The fourth-order valence-electron chi connectivity index (χ4n) is 12.1. The number of hydrogen-bond donors (Lipinski definition) is 1. The number of allylic oxidation sites excluding steroid dienone is 2. The molecule has 6 heterocycles. The zero-order chi connectivity index (χ0) is 53.0. The van der Waals surface area contributed by atoms with Crippen molar-refractivity contribution in [1.82, 2.24) is 5.32 Å². The molecule has 2 bridgehead atoms. The SMILES string of the molecule is C=CCOC(=O)O[C@@H]1C(C)=C[C@H]2C(=O)O[C@H]3C[C@@H](C/C=C(\C)[C@@H](O[C@H]4C[C@H](OC)[C@@H](O[C@H]5C[C@H](OC)[C@H](NC)[C@H](C)O5)[C@H](C)O4)[C@@H](C)/C=C/C=C4\CO[C@H]1[C@@]42O[Si](C)(C)C)O[C@@]1(C=C[C@H](C)[C@@H]([C@@H](C)CC)O1)C3. The Morgan fingerprint density at radius 1 is 0.932 bits per heavy atom. The van der Waals surface area contributed by atoms with Crippen molar-refractivity contribution in [3.63, 3.8) is 0 Å². The van der Waals surface area contributed by atoms with E-state index in [1.54, 1.807) is 14.2 Å². The molecule has 4 fully saturated rings. The Hall–Kier alpha value is -3.04. The Balaban J connectivity index is 1.25. The minimum atomic E-state index is -2.55. The first kappa shape index (κ1) is 57.7. The van der Waals surface area contributed by atoms with Crippen LogP contribution in [0.3, 0.4) is 0 Å². The molecule has 0 unspecified atom stereocenters. The van der Waals surface area contributed by atoms with Gasteiger partial charge in [0.15, 0.2) is 32.8 Å². The predicted octanol–water partition coefficient (Wildman–Crippen LogP) is 8.81. The van der Waals surface area contributed by atoms with E-state index >= 15 is 4.79 Å². The smallest absolute Gasteiger partial charge is 0.462 e. The van der Waals surface area contributed by atoms with Crippen molar-refractivity contribution in [2.75, 3.05) is 34.5 Å². The molecule has 16 nitrogen and oxygen atoms in total. The van der Waals surface area contributed by atoms with Crippen LogP contribution in [0.2, 0.25) is 19.6 Å². The number of likely N-dealkylation sites (N-methyl/N-ethyl adjacent to an activating group) is 1. The molecule has 1 N–H and O–H groups in total. The van der Waals surface area contributed by atoms with E-state index in [-0.39, 0.29) is 61.4 Å². The summed E-state index contributed by atoms with van der Waals surface area (Å²) in [7, 11) is 2.77. The molecule has 0 radical (unpaired) electrons. The molecule has 1 aliphatic carbocycles. The Morgan fingerprint density at radius 3 is 2.33 bits per heavy atom. The fourth-order valence-corrected chi connectivity index (χ4v) is 13.5. The molecule has 0 aromatic carbocycles. The van der Waals surface area contributed by atoms with Crippen LogP contribution < -0.4 is 5.32 Å². The van der Waals surface area contributed by atoms with Gasteiger partial charge in [-0.3, -0.25) is 4.79 Å². The minimum Gasteiger partial charge on any atom is -0.462 e. The van der Waals surface area contributed by atoms with Crippen molar-refractivity contribution in [2.45, 2.75) is 211 Å². The van der Waals surface area contributed by atoms with Gasteiger partial charge in [-0.05, 0) is 89.5 Å². The van der Waals surface area contributed by atoms with E-state index in [2.05, 4.69) is 84.4 Å². The van der Waals surface area contributed by atoms with Gasteiger partial charge < -0.3 is 66.6 Å². The van der Waals surface area contributed by atoms with E-state index < -0.39 is 93.1 Å². The number of fused-ring (bicyclic) bond motifs is 2. The quantitative estimate of drug-likeness (QED) is 0.0996. The van der Waals surface area contributed by atoms with Crippen LogP contribution in [0, 0.1) is 23.7 Å². The van der Waals surface area contributed by atoms with Gasteiger partial charge in [0.05, 0.1) is 55.4 Å². The van der Waals surface area contributed by atoms with Crippen molar-refractivity contribution in [3.05, 3.63) is 71.9 Å². The van der Waals surface area contributed by atoms with Gasteiger partial charge in [-0.2, -0.15) is 0 Å². The molecule has 73 heavy (non-hydrogen) atoms. The molecule has 0 saturated carbocycles. The molecular weight excluding hydrogens is 955 g/mol. The number of rotatable bonds is 14. The monoisotopic (exact) mass is 1040 g/mol. The molecule has 7 aliphatic rings. The lowest BCUT2D eigenvalue weighted by Crippen LogP contribution is -2.62. The second kappa shape index (κ2) is 24.5. The van der Waals surface area contributed by atoms with E-state index in [0.717, 1.165) is 17.6 Å². The van der Waals surface area contributed by atoms with Crippen molar-refractivity contribution in [1.29, 1.82) is 0 Å². The van der Waals surface area contributed by atoms with Crippen molar-refractivity contribution >= 4 is 20.4 Å². The van der Waals surface area contributed by atoms with Crippen LogP contribution in [0.1, 0.15) is 93.9 Å². The van der Waals surface area contributed by atoms with E-state index in [9.17, 15) is 4.79 Å². The summed E-state index contributed by atoms with van der Waals surface area (Å²) in [6.45, 7) is 26.5. The maximum atomic E-state index is 15.2. The molecule has 0 aromatic heterocycles. The highest BCUT2D eigenvalue weighted by molar-refractivity contribution is 6.69. The van der Waals surface area contributed by atoms with Crippen molar-refractivity contribution in [2.24, 2.45) is 23.7 Å². The first-order valence-corrected chi connectivity index (χ1v) is 30.2. The highest BCUT2D eigenvalue weighted by Crippen LogP contribution is 2.51. The van der Waals surface area contributed by atoms with Crippen LogP contribution in [0.15, 0.2) is 71.9 Å². The number of nitrogens with one attached hydrogen (secondary N) is 1. The molecular formula is C56H87NO15Si. The number of hydrogen-bond acceptors (Lipinski definition) is 16. The number of carbonyl (C=O) groups is 2. The lowest BCUT2D eigenvalue weighted by molar-refractivity contribution is -0.312. The highest BCUT2D eigenvalue weighted by Gasteiger charge is 2.64. The van der Waals surface area contributed by atoms with Crippen LogP contribution in [-0.4, -0.2) is 152 Å². The van der Waals surface area contributed by atoms with Gasteiger partial charge >= 0.3 is 12.1 Å². The third-order valence-electron chi connectivity index (χ3n) is 15.8. The second-order valence-corrected chi connectivity index (χ2v) is 26.8. The number of ether oxygens (including phenoxy) is 12. The van der Waals surface area contributed by atoms with Gasteiger partial charge in [-0.25, -0.2) is 4.79 Å². The average Bonchev–Trinajstić information content (AvgIpc) is 3.69. The lowest BCUT2D eigenvalue weighted by Gasteiger charge is -2.49. The van der Waals surface area contributed by atoms with Crippen LogP contribution in [0.5, 0.6) is 0 Å². The van der Waals surface area contributed by atoms with Gasteiger partial charge in [0.25, 0.3) is 0 Å². The zero-order valence-corrected chi connectivity index (χ0v) is 47.0. The Morgan fingerprint density at radius 2 is 1.64 bits per heavy atom. The van der Waals surface area contributed by atoms with Crippen molar-refractivity contribution < 1.29 is 70.9 Å². The van der Waals surface area contributed by atoms with Gasteiger partial charge in [-0.1, -0.05) is 83.2 Å². The third kappa shape index (κ3) is 13.0. The second-order valence-electron chi connectivity index (χ2n) is 22.4. The standard InChI is InChI=1S/C56H87NO15Si/c1-16-25-62-54(59)69-50-36(7)26-42-53(58)66-41-27-40(70-55(30-41)24-23-35(6)49(71-55)32(3)17-2)22-21-34(5)48(33(4)19-18-20-39-31-63-52(50)56(39,42)72-73(13,14)15)67-46-29-44(61-12)51(38(9)65-46)68-45-28-43(60-11)47(57-10)37(8)64-45/h16,18-21,23-24,26,32-33,35,37-38,40-52,57H,1,17,22,25,27-31H2,2-15H3/b19-18+,34-21+,39-20+/t32-,33-,35-,37-,38-,40+,41-,42-,43-,44-,45-,46-,47+,48-,49+,50+,51-,52+,55+,56+/m0/s1. The van der Waals surface area contributed by atoms with Crippen LogP contribution >= 0.6 is 0 Å². The summed E-state index contributed by atoms with van der Waals surface area (Å²) in [5.41, 5.74) is 0.922. The van der Waals surface area contributed by atoms with Crippen LogP contribution in [-0.2, 0) is 66.1 Å². The minimum absolute atomic E-state index is 0.0290. The zero-order valence-electron chi connectivity index (χ0n) is 46.0. The molecule has 17 heteroatoms. The fraction of sp³-hybridized carbons (Fsp3) is 0.750. The van der Waals surface area contributed by atoms with Crippen LogP contribution in [0.25, 0.3) is 0 Å². The molecule has 7 rings (SSSR count). The van der Waals surface area contributed by atoms with E-state index in [1.807, 2.05) is 52.1 Å². The summed E-state index contributed by atoms with van der Waals surface area (Å²) in [6, 6.07) is 0.0339. The molecule has 6 aliphatic heterocycles. The van der Waals surface area contributed by atoms with Gasteiger partial charge in [0, 0.05) is 51.7 Å². The summed E-state index contributed by atoms with van der Waals surface area (Å²) in [5.74, 6) is -2.33. The maximum absolute atomic E-state index is 15.2. The molecule has 0 aromatic rings. The largest absolute Gasteiger partial charge is 0.509 e. The summed E-state index contributed by atoms with van der Waals surface area (Å²) >= 11 is 0. The number of esters is 1. The number of methoxy groups -OCH3 is 2. The Bertz CT molecular complexity index is 2070. The molecule has 4 saturated heterocycles. The first-order chi connectivity index (χ1) is 34.7. The Labute approximate surface area is 435 Å². The van der Waals surface area contributed by atoms with Gasteiger partial charge in [0.2, 0.25) is 0 Å². The molecule has 0 amide bonds. The summed E-state index contributed by atoms with van der Waals surface area (Å²) in [5, 5.41) is 3.32. The third-order valence-corrected chi connectivity index (χ3v) is 16.8. The predicted molar refractivity (Wildman–Crippen MR) is 277 cm³/mol. The van der Waals surface area contributed by atoms with E-state index in [0.29, 0.717) is 37.7 Å². The summed E-state index contributed by atoms with van der Waals surface area (Å²) in [6.07, 6.45) is 12.1. The van der Waals surface area contributed by atoms with E-state index in [4.69, 9.17) is 61.3 Å². The number of carbonyl (C=O) groups excluding carboxylic acids is 2. The summed E-state index contributed by atoms with van der Waals surface area (Å²) < 4.78 is 84.8. The molecule has 1 spiro atoms. The normalized spacial score (nSPS) is 43.6. The highest BCUT2D eigenvalue weighted by atomic mass is 28.4. The van der Waals surface area contributed by atoms with Gasteiger partial charge in [-0.15, -0.1) is 0 Å². The molecule has 410 valence electrons. The van der Waals surface area contributed by atoms with Crippen LogP contribution in [0.4, 0.5) is 4.79 Å². The maximum Gasteiger partial charge on any atom is 0.509 e. The van der Waals surface area contributed by atoms with Gasteiger partial charge in [0.1, 0.15) is 36.4 Å². The first-order valence-electron chi connectivity index (χ1n) is 26.8. The van der Waals surface area contributed by atoms with E-state index in [1.165, 1.54) is 6.08 Å². The lowest BCUT2D eigenvalue weighted by atomic mass is 9.70. The summed E-state index contributed by atoms with van der Waals surface area (Å²) in [4.78, 5) is 28.4. The topological polar surface area (TPSA) is 166 Å². The molecule has 20 atom stereocenters. The Kier molecular flexibility index (Phi) is 19.4. The average molecular weight is 1040 g/mol. The van der Waals surface area contributed by atoms with Crippen molar-refractivity contribution in [3.8, 4) is 0 Å².